The average molecular weight is 318 g/mol. The van der Waals surface area contributed by atoms with E-state index in [1.807, 2.05) is 0 Å². The normalized spacial score (nSPS) is 17.0. The van der Waals surface area contributed by atoms with Crippen molar-refractivity contribution in [1.82, 2.24) is 10.2 Å². The van der Waals surface area contributed by atoms with E-state index in [1.165, 1.54) is 25.1 Å². The van der Waals surface area contributed by atoms with E-state index in [4.69, 9.17) is 8.83 Å². The number of nitrogens with one attached hydrogen (secondary N) is 1. The van der Waals surface area contributed by atoms with Crippen LogP contribution in [0.5, 0.6) is 0 Å². The Hall–Kier alpha value is -2.54. The van der Waals surface area contributed by atoms with Gasteiger partial charge < -0.3 is 24.2 Å². The number of carbonyl (C=O) groups is 2. The van der Waals surface area contributed by atoms with Crippen molar-refractivity contribution >= 4 is 11.8 Å². The number of aliphatic hydroxyl groups is 1. The second-order valence-corrected chi connectivity index (χ2v) is 5.71. The van der Waals surface area contributed by atoms with Gasteiger partial charge in [0.2, 0.25) is 0 Å². The molecule has 0 radical (unpaired) electrons. The van der Waals surface area contributed by atoms with Gasteiger partial charge in [-0.1, -0.05) is 0 Å². The van der Waals surface area contributed by atoms with Crippen LogP contribution in [-0.2, 0) is 0 Å². The number of nitrogens with zero attached hydrogens (tertiary/aromatic N) is 1. The summed E-state index contributed by atoms with van der Waals surface area (Å²) in [6.45, 7) is 0.733. The lowest BCUT2D eigenvalue weighted by Gasteiger charge is -2.41. The molecule has 0 aliphatic carbocycles. The largest absolute Gasteiger partial charge is 0.472 e. The van der Waals surface area contributed by atoms with Crippen LogP contribution < -0.4 is 5.32 Å². The average Bonchev–Trinajstić information content (AvgIpc) is 3.28. The van der Waals surface area contributed by atoms with Crippen molar-refractivity contribution in [2.24, 2.45) is 0 Å². The number of hydrogen-bond donors (Lipinski definition) is 2. The van der Waals surface area contributed by atoms with Gasteiger partial charge in [0.05, 0.1) is 35.8 Å². The van der Waals surface area contributed by atoms with Gasteiger partial charge in [-0.05, 0) is 25.0 Å². The topological polar surface area (TPSA) is 95.9 Å². The van der Waals surface area contributed by atoms with Crippen LogP contribution in [0.1, 0.15) is 33.6 Å². The molecule has 0 atom stereocenters. The molecule has 122 valence electrons. The van der Waals surface area contributed by atoms with E-state index >= 15 is 0 Å². The van der Waals surface area contributed by atoms with Crippen LogP contribution in [0.3, 0.4) is 0 Å². The molecule has 1 aliphatic heterocycles. The Labute approximate surface area is 132 Å². The van der Waals surface area contributed by atoms with Gasteiger partial charge in [-0.2, -0.15) is 0 Å². The molecule has 0 spiro atoms. The summed E-state index contributed by atoms with van der Waals surface area (Å²) >= 11 is 0. The van der Waals surface area contributed by atoms with E-state index in [9.17, 15) is 14.7 Å². The minimum absolute atomic E-state index is 0.105. The second kappa shape index (κ2) is 6.29. The highest BCUT2D eigenvalue weighted by molar-refractivity contribution is 5.95. The summed E-state index contributed by atoms with van der Waals surface area (Å²) in [5.74, 6) is -0.395. The van der Waals surface area contributed by atoms with Gasteiger partial charge in [-0.15, -0.1) is 0 Å². The highest BCUT2D eigenvalue weighted by Gasteiger charge is 2.37. The number of aliphatic hydroxyl groups excluding tert-OH is 1. The molecule has 0 aromatic carbocycles. The van der Waals surface area contributed by atoms with E-state index < -0.39 is 5.54 Å². The summed E-state index contributed by atoms with van der Waals surface area (Å²) in [7, 11) is 0. The highest BCUT2D eigenvalue weighted by Crippen LogP contribution is 2.24. The molecule has 1 saturated heterocycles. The van der Waals surface area contributed by atoms with Crippen molar-refractivity contribution < 1.29 is 23.5 Å². The Kier molecular flexibility index (Phi) is 4.20. The standard InChI is InChI=1S/C16H18N2O5/c19-11-16(17-14(20)12-1-7-22-9-12)3-5-18(6-4-16)15(21)13-2-8-23-10-13/h1-2,7-10,19H,3-6,11H2,(H,17,20). The molecule has 2 N–H and O–H groups in total. The number of piperidine rings is 1. The summed E-state index contributed by atoms with van der Waals surface area (Å²) in [5.41, 5.74) is 0.195. The Morgan fingerprint density at radius 2 is 1.74 bits per heavy atom. The molecular formula is C16H18N2O5. The van der Waals surface area contributed by atoms with Gasteiger partial charge in [0, 0.05) is 13.1 Å². The van der Waals surface area contributed by atoms with Crippen LogP contribution in [0.25, 0.3) is 0 Å². The van der Waals surface area contributed by atoms with Crippen molar-refractivity contribution in [3.05, 3.63) is 48.3 Å². The zero-order valence-electron chi connectivity index (χ0n) is 12.5. The van der Waals surface area contributed by atoms with Gasteiger partial charge in [-0.3, -0.25) is 9.59 Å². The zero-order chi connectivity index (χ0) is 16.3. The summed E-state index contributed by atoms with van der Waals surface area (Å²) in [5, 5.41) is 12.6. The summed E-state index contributed by atoms with van der Waals surface area (Å²) in [4.78, 5) is 26.1. The zero-order valence-corrected chi connectivity index (χ0v) is 12.5. The summed E-state index contributed by atoms with van der Waals surface area (Å²) in [6.07, 6.45) is 6.62. The van der Waals surface area contributed by atoms with Gasteiger partial charge in [0.1, 0.15) is 12.5 Å². The molecule has 1 fully saturated rings. The van der Waals surface area contributed by atoms with E-state index in [0.29, 0.717) is 37.1 Å². The van der Waals surface area contributed by atoms with Gasteiger partial charge in [0.25, 0.3) is 11.8 Å². The lowest BCUT2D eigenvalue weighted by Crippen LogP contribution is -2.58. The molecular weight excluding hydrogens is 300 g/mol. The minimum atomic E-state index is -0.721. The maximum atomic E-state index is 12.3. The first-order chi connectivity index (χ1) is 11.1. The molecule has 2 aromatic heterocycles. The molecule has 7 heteroatoms. The van der Waals surface area contributed by atoms with Crippen LogP contribution in [0.4, 0.5) is 0 Å². The first-order valence-electron chi connectivity index (χ1n) is 7.41. The van der Waals surface area contributed by atoms with Crippen LogP contribution in [0.2, 0.25) is 0 Å². The molecule has 3 rings (SSSR count). The molecule has 2 aromatic rings. The molecule has 7 nitrogen and oxygen atoms in total. The molecule has 0 unspecified atom stereocenters. The fourth-order valence-electron chi connectivity index (χ4n) is 2.74. The molecule has 1 aliphatic rings. The van der Waals surface area contributed by atoms with Gasteiger partial charge >= 0.3 is 0 Å². The Balaban J connectivity index is 1.63. The number of amides is 2. The molecule has 3 heterocycles. The Morgan fingerprint density at radius 3 is 2.26 bits per heavy atom. The van der Waals surface area contributed by atoms with Crippen molar-refractivity contribution in [3.8, 4) is 0 Å². The van der Waals surface area contributed by atoms with E-state index in [1.54, 1.807) is 17.0 Å². The quantitative estimate of drug-likeness (QED) is 0.885. The van der Waals surface area contributed by atoms with Gasteiger partial charge in [-0.25, -0.2) is 0 Å². The smallest absolute Gasteiger partial charge is 0.257 e. The number of likely N-dealkylation sites (tertiary alicyclic amines) is 1. The van der Waals surface area contributed by atoms with Crippen molar-refractivity contribution in [1.29, 1.82) is 0 Å². The Morgan fingerprint density at radius 1 is 1.13 bits per heavy atom. The van der Waals surface area contributed by atoms with Crippen LogP contribution in [-0.4, -0.2) is 47.1 Å². The maximum Gasteiger partial charge on any atom is 0.257 e. The number of furan rings is 2. The predicted molar refractivity (Wildman–Crippen MR) is 79.8 cm³/mol. The van der Waals surface area contributed by atoms with Gasteiger partial charge in [0.15, 0.2) is 0 Å². The second-order valence-electron chi connectivity index (χ2n) is 5.71. The first-order valence-corrected chi connectivity index (χ1v) is 7.41. The van der Waals surface area contributed by atoms with E-state index in [-0.39, 0.29) is 18.4 Å². The fourth-order valence-corrected chi connectivity index (χ4v) is 2.74. The van der Waals surface area contributed by atoms with Crippen molar-refractivity contribution in [2.45, 2.75) is 18.4 Å². The number of hydrogen-bond acceptors (Lipinski definition) is 5. The van der Waals surface area contributed by atoms with Crippen LogP contribution in [0.15, 0.2) is 46.0 Å². The lowest BCUT2D eigenvalue weighted by atomic mass is 9.87. The minimum Gasteiger partial charge on any atom is -0.472 e. The predicted octanol–water partition coefficient (Wildman–Crippen LogP) is 1.27. The SMILES string of the molecule is O=C(NC1(CO)CCN(C(=O)c2ccoc2)CC1)c1ccoc1. The number of rotatable bonds is 4. The molecule has 23 heavy (non-hydrogen) atoms. The van der Waals surface area contributed by atoms with Crippen LogP contribution >= 0.6 is 0 Å². The Bertz CT molecular complexity index is 655. The number of carbonyl (C=O) groups excluding carboxylic acids is 2. The third kappa shape index (κ3) is 3.14. The summed E-state index contributed by atoms with van der Waals surface area (Å²) < 4.78 is 9.83. The van der Waals surface area contributed by atoms with Crippen molar-refractivity contribution in [3.63, 3.8) is 0 Å². The lowest BCUT2D eigenvalue weighted by molar-refractivity contribution is 0.0500. The molecule has 2 amide bonds. The maximum absolute atomic E-state index is 12.3. The fraction of sp³-hybridized carbons (Fsp3) is 0.375. The highest BCUT2D eigenvalue weighted by atomic mass is 16.3. The van der Waals surface area contributed by atoms with Crippen molar-refractivity contribution in [2.75, 3.05) is 19.7 Å². The van der Waals surface area contributed by atoms with Crippen LogP contribution in [0, 0.1) is 0 Å². The van der Waals surface area contributed by atoms with E-state index in [2.05, 4.69) is 5.32 Å². The summed E-state index contributed by atoms with van der Waals surface area (Å²) in [6, 6.07) is 3.19. The molecule has 0 saturated carbocycles. The third-order valence-corrected chi connectivity index (χ3v) is 4.24. The first kappa shape index (κ1) is 15.4. The monoisotopic (exact) mass is 318 g/mol. The van der Waals surface area contributed by atoms with E-state index in [0.717, 1.165) is 0 Å². The third-order valence-electron chi connectivity index (χ3n) is 4.24. The molecule has 0 bridgehead atoms.